The maximum atomic E-state index is 12.9. The highest BCUT2D eigenvalue weighted by Crippen LogP contribution is 2.24. The van der Waals surface area contributed by atoms with Gasteiger partial charge in [0.1, 0.15) is 12.1 Å². The maximum Gasteiger partial charge on any atom is 0.349 e. The number of carbonyl (C=O) groups excluding carboxylic acids is 1. The molecule has 0 saturated carbocycles. The molecular weight excluding hydrogens is 356 g/mol. The molecule has 1 aliphatic heterocycles. The fourth-order valence-electron chi connectivity index (χ4n) is 3.69. The predicted octanol–water partition coefficient (Wildman–Crippen LogP) is 1.34. The van der Waals surface area contributed by atoms with Crippen LogP contribution in [0.15, 0.2) is 63.8 Å². The second kappa shape index (κ2) is 7.86. The number of piperazine rings is 1. The number of hydrogen-bond donors (Lipinski definition) is 1. The van der Waals surface area contributed by atoms with Crippen molar-refractivity contribution in [3.63, 3.8) is 0 Å². The molecule has 1 amide bonds. The average molecular weight is 379 g/mol. The Morgan fingerprint density at radius 3 is 2.57 bits per heavy atom. The quantitative estimate of drug-likeness (QED) is 0.695. The highest BCUT2D eigenvalue weighted by molar-refractivity contribution is 5.97. The van der Waals surface area contributed by atoms with Crippen molar-refractivity contribution < 1.29 is 18.8 Å². The summed E-state index contributed by atoms with van der Waals surface area (Å²) in [5.41, 5.74) is 1.11. The van der Waals surface area contributed by atoms with E-state index in [-0.39, 0.29) is 11.5 Å². The molecule has 144 valence electrons. The molecule has 0 radical (unpaired) electrons. The van der Waals surface area contributed by atoms with Gasteiger partial charge in [0.15, 0.2) is 11.3 Å². The number of amides is 1. The second-order valence-corrected chi connectivity index (χ2v) is 7.03. The highest BCUT2D eigenvalue weighted by Gasteiger charge is 2.27. The van der Waals surface area contributed by atoms with Crippen molar-refractivity contribution in [3.05, 3.63) is 76.1 Å². The van der Waals surface area contributed by atoms with Gasteiger partial charge in [0.2, 0.25) is 0 Å². The number of para-hydroxylation sites is 1. The Kier molecular flexibility index (Phi) is 5.12. The number of nitrogens with one attached hydrogen (secondary N) is 1. The summed E-state index contributed by atoms with van der Waals surface area (Å²) in [6.45, 7) is 3.90. The van der Waals surface area contributed by atoms with Crippen LogP contribution in [0.4, 0.5) is 0 Å². The van der Waals surface area contributed by atoms with Crippen molar-refractivity contribution in [2.24, 2.45) is 0 Å². The van der Waals surface area contributed by atoms with Crippen molar-refractivity contribution in [2.75, 3.05) is 33.3 Å². The number of benzene rings is 2. The largest absolute Gasteiger partial charge is 0.493 e. The minimum absolute atomic E-state index is 0.0762. The third kappa shape index (κ3) is 3.64. The van der Waals surface area contributed by atoms with Gasteiger partial charge in [0.05, 0.1) is 33.3 Å². The summed E-state index contributed by atoms with van der Waals surface area (Å²) < 4.78 is 10.6. The van der Waals surface area contributed by atoms with E-state index < -0.39 is 5.63 Å². The molecule has 6 heteroatoms. The van der Waals surface area contributed by atoms with E-state index in [1.807, 2.05) is 18.2 Å². The standard InChI is InChI=1S/C22H22N2O4/c1-27-19-9-5-8-17-14-18(22(26)28-20(17)19)21(25)24-12-10-23(11-13-24)15-16-6-3-2-4-7-16/h2-9,14H,10-13,15H2,1H3/p+1. The van der Waals surface area contributed by atoms with Gasteiger partial charge in [-0.1, -0.05) is 42.5 Å². The first-order chi connectivity index (χ1) is 13.7. The number of methoxy groups -OCH3 is 1. The van der Waals surface area contributed by atoms with Gasteiger partial charge >= 0.3 is 5.63 Å². The first-order valence-corrected chi connectivity index (χ1v) is 9.43. The summed E-state index contributed by atoms with van der Waals surface area (Å²) in [5, 5.41) is 0.677. The third-order valence-electron chi connectivity index (χ3n) is 5.23. The first kappa shape index (κ1) is 18.3. The van der Waals surface area contributed by atoms with E-state index in [9.17, 15) is 9.59 Å². The smallest absolute Gasteiger partial charge is 0.349 e. The van der Waals surface area contributed by atoms with Crippen LogP contribution in [-0.4, -0.2) is 44.1 Å². The van der Waals surface area contributed by atoms with E-state index in [2.05, 4.69) is 12.1 Å². The summed E-state index contributed by atoms with van der Waals surface area (Å²) in [4.78, 5) is 28.5. The molecule has 0 bridgehead atoms. The lowest BCUT2D eigenvalue weighted by molar-refractivity contribution is -0.917. The number of carbonyl (C=O) groups is 1. The fourth-order valence-corrected chi connectivity index (χ4v) is 3.69. The van der Waals surface area contributed by atoms with Crippen molar-refractivity contribution in [2.45, 2.75) is 6.54 Å². The van der Waals surface area contributed by atoms with Crippen LogP contribution in [0.3, 0.4) is 0 Å². The SMILES string of the molecule is COc1cccc2cc(C(=O)N3CC[NH+](Cc4ccccc4)CC3)c(=O)oc12. The highest BCUT2D eigenvalue weighted by atomic mass is 16.5. The number of rotatable bonds is 4. The fraction of sp³-hybridized carbons (Fsp3) is 0.273. The van der Waals surface area contributed by atoms with Crippen LogP contribution in [0.2, 0.25) is 0 Å². The molecule has 0 atom stereocenters. The predicted molar refractivity (Wildman–Crippen MR) is 106 cm³/mol. The normalized spacial score (nSPS) is 15.0. The van der Waals surface area contributed by atoms with Crippen molar-refractivity contribution in [3.8, 4) is 5.75 Å². The summed E-state index contributed by atoms with van der Waals surface area (Å²) >= 11 is 0. The van der Waals surface area contributed by atoms with Gasteiger partial charge in [0.25, 0.3) is 5.91 Å². The molecule has 0 aliphatic carbocycles. The maximum absolute atomic E-state index is 12.9. The molecule has 1 N–H and O–H groups in total. The third-order valence-corrected chi connectivity index (χ3v) is 5.23. The summed E-state index contributed by atoms with van der Waals surface area (Å²) in [6.07, 6.45) is 0. The zero-order chi connectivity index (χ0) is 19.5. The molecule has 0 spiro atoms. The van der Waals surface area contributed by atoms with E-state index in [0.29, 0.717) is 29.8 Å². The van der Waals surface area contributed by atoms with E-state index >= 15 is 0 Å². The zero-order valence-electron chi connectivity index (χ0n) is 15.8. The topological polar surface area (TPSA) is 64.2 Å². The Labute approximate surface area is 162 Å². The van der Waals surface area contributed by atoms with Crippen molar-refractivity contribution >= 4 is 16.9 Å². The molecule has 2 heterocycles. The Morgan fingerprint density at radius 2 is 1.86 bits per heavy atom. The average Bonchev–Trinajstić information content (AvgIpc) is 2.73. The van der Waals surface area contributed by atoms with Gasteiger partial charge in [-0.3, -0.25) is 4.79 Å². The van der Waals surface area contributed by atoms with Gasteiger partial charge in [-0.15, -0.1) is 0 Å². The molecule has 28 heavy (non-hydrogen) atoms. The number of ether oxygens (including phenoxy) is 1. The Bertz CT molecular complexity index is 1040. The van der Waals surface area contributed by atoms with Crippen LogP contribution in [0.25, 0.3) is 11.0 Å². The molecule has 0 unspecified atom stereocenters. The van der Waals surface area contributed by atoms with Crippen LogP contribution in [-0.2, 0) is 6.54 Å². The molecule has 1 fully saturated rings. The second-order valence-electron chi connectivity index (χ2n) is 7.03. The van der Waals surface area contributed by atoms with E-state index in [0.717, 1.165) is 19.6 Å². The van der Waals surface area contributed by atoms with Gasteiger partial charge < -0.3 is 19.0 Å². The molecule has 1 saturated heterocycles. The van der Waals surface area contributed by atoms with Gasteiger partial charge in [-0.25, -0.2) is 4.79 Å². The van der Waals surface area contributed by atoms with Gasteiger partial charge in [0, 0.05) is 10.9 Å². The molecule has 2 aromatic carbocycles. The van der Waals surface area contributed by atoms with Crippen LogP contribution in [0.5, 0.6) is 5.75 Å². The molecule has 3 aromatic rings. The lowest BCUT2D eigenvalue weighted by Gasteiger charge is -2.32. The first-order valence-electron chi connectivity index (χ1n) is 9.43. The lowest BCUT2D eigenvalue weighted by Crippen LogP contribution is -3.13. The van der Waals surface area contributed by atoms with Crippen molar-refractivity contribution in [1.82, 2.24) is 4.90 Å². The molecule has 1 aromatic heterocycles. The van der Waals surface area contributed by atoms with Crippen LogP contribution in [0.1, 0.15) is 15.9 Å². The number of quaternary nitrogens is 1. The Balaban J connectivity index is 1.48. The number of nitrogens with zero attached hydrogens (tertiary/aromatic N) is 1. The molecular formula is C22H23N2O4+. The molecule has 4 rings (SSSR count). The van der Waals surface area contributed by atoms with Gasteiger partial charge in [-0.05, 0) is 12.1 Å². The summed E-state index contributed by atoms with van der Waals surface area (Å²) in [6, 6.07) is 17.3. The monoisotopic (exact) mass is 379 g/mol. The number of hydrogen-bond acceptors (Lipinski definition) is 4. The zero-order valence-corrected chi connectivity index (χ0v) is 15.8. The van der Waals surface area contributed by atoms with Crippen molar-refractivity contribution in [1.29, 1.82) is 0 Å². The van der Waals surface area contributed by atoms with E-state index in [1.165, 1.54) is 17.6 Å². The number of fused-ring (bicyclic) bond motifs is 1. The summed E-state index contributed by atoms with van der Waals surface area (Å²) in [5.74, 6) is 0.212. The Hall–Kier alpha value is -3.12. The summed E-state index contributed by atoms with van der Waals surface area (Å²) in [7, 11) is 1.52. The van der Waals surface area contributed by atoms with Crippen LogP contribution < -0.4 is 15.3 Å². The van der Waals surface area contributed by atoms with Crippen LogP contribution >= 0.6 is 0 Å². The van der Waals surface area contributed by atoms with E-state index in [4.69, 9.17) is 9.15 Å². The minimum atomic E-state index is -0.624. The Morgan fingerprint density at radius 1 is 1.11 bits per heavy atom. The molecule has 1 aliphatic rings. The van der Waals surface area contributed by atoms with Crippen LogP contribution in [0, 0.1) is 0 Å². The van der Waals surface area contributed by atoms with Gasteiger partial charge in [-0.2, -0.15) is 0 Å². The minimum Gasteiger partial charge on any atom is -0.493 e. The lowest BCUT2D eigenvalue weighted by atomic mass is 10.1. The van der Waals surface area contributed by atoms with E-state index in [1.54, 1.807) is 29.2 Å². The molecule has 6 nitrogen and oxygen atoms in total.